The van der Waals surface area contributed by atoms with Crippen LogP contribution in [0.4, 0.5) is 0 Å². The molecule has 2 aliphatic rings. The van der Waals surface area contributed by atoms with Crippen molar-refractivity contribution >= 4 is 22.3 Å². The summed E-state index contributed by atoms with van der Waals surface area (Å²) >= 11 is 0. The van der Waals surface area contributed by atoms with E-state index >= 15 is 0 Å². The van der Waals surface area contributed by atoms with E-state index in [-0.39, 0.29) is 56.5 Å². The van der Waals surface area contributed by atoms with Crippen LogP contribution in [0.25, 0.3) is 27.6 Å². The lowest BCUT2D eigenvalue weighted by atomic mass is 9.75. The van der Waals surface area contributed by atoms with Crippen molar-refractivity contribution in [2.75, 3.05) is 7.11 Å². The predicted molar refractivity (Wildman–Crippen MR) is 156 cm³/mol. The standard InChI is InChI=1S/C33H24N2O8/c1-13-5-4-6-17(9-13)35-33(42)22-16(12-34-35)10-15-7-8-18-23(21(15)29(22)39)30(40)25-26(32(18)43-3)31(41)24-19(28(25)38)11-20(36)14(2)27(24)37/h4-6,9-12,36-37,39-40H,7-8H2,1-3H3. The molecule has 0 aliphatic heterocycles. The van der Waals surface area contributed by atoms with Crippen LogP contribution >= 0.6 is 0 Å². The molecule has 10 heteroatoms. The maximum atomic E-state index is 13.8. The van der Waals surface area contributed by atoms with Gasteiger partial charge in [-0.15, -0.1) is 0 Å². The molecule has 214 valence electrons. The molecule has 0 saturated heterocycles. The van der Waals surface area contributed by atoms with Crippen molar-refractivity contribution in [2.24, 2.45) is 0 Å². The zero-order valence-corrected chi connectivity index (χ0v) is 23.3. The Balaban J connectivity index is 1.55. The molecule has 2 aliphatic carbocycles. The minimum absolute atomic E-state index is 0.0222. The van der Waals surface area contributed by atoms with Crippen molar-refractivity contribution in [2.45, 2.75) is 26.7 Å². The molecule has 4 N–H and O–H groups in total. The van der Waals surface area contributed by atoms with E-state index in [1.54, 1.807) is 24.3 Å². The van der Waals surface area contributed by atoms with Gasteiger partial charge in [-0.3, -0.25) is 14.4 Å². The fraction of sp³-hybridized carbons (Fsp3) is 0.152. The predicted octanol–water partition coefficient (Wildman–Crippen LogP) is 4.37. The lowest BCUT2D eigenvalue weighted by Gasteiger charge is -2.29. The van der Waals surface area contributed by atoms with Gasteiger partial charge in [0.05, 0.1) is 41.1 Å². The topological polar surface area (TPSA) is 159 Å². The van der Waals surface area contributed by atoms with Gasteiger partial charge in [0.1, 0.15) is 28.7 Å². The highest BCUT2D eigenvalue weighted by molar-refractivity contribution is 6.32. The number of aromatic nitrogens is 2. The maximum absolute atomic E-state index is 13.8. The van der Waals surface area contributed by atoms with E-state index in [2.05, 4.69) is 5.10 Å². The van der Waals surface area contributed by atoms with E-state index in [0.717, 1.165) is 11.6 Å². The summed E-state index contributed by atoms with van der Waals surface area (Å²) in [5, 5.41) is 49.1. The Labute approximate surface area is 243 Å². The van der Waals surface area contributed by atoms with Crippen LogP contribution in [0.15, 0.2) is 47.4 Å². The van der Waals surface area contributed by atoms with Gasteiger partial charge in [0, 0.05) is 33.2 Å². The molecule has 4 aromatic carbocycles. The molecule has 0 bridgehead atoms. The number of aromatic hydroxyl groups is 4. The molecule has 0 spiro atoms. The summed E-state index contributed by atoms with van der Waals surface area (Å²) in [5.41, 5.74) is 0.886. The summed E-state index contributed by atoms with van der Waals surface area (Å²) in [6, 6.07) is 9.97. The number of benzene rings is 4. The van der Waals surface area contributed by atoms with E-state index in [4.69, 9.17) is 4.74 Å². The van der Waals surface area contributed by atoms with Crippen molar-refractivity contribution in [3.63, 3.8) is 0 Å². The van der Waals surface area contributed by atoms with Crippen LogP contribution in [-0.4, -0.2) is 48.9 Å². The average molecular weight is 577 g/mol. The monoisotopic (exact) mass is 576 g/mol. The minimum Gasteiger partial charge on any atom is -0.508 e. The quantitative estimate of drug-likeness (QED) is 0.235. The highest BCUT2D eigenvalue weighted by atomic mass is 16.5. The van der Waals surface area contributed by atoms with Crippen molar-refractivity contribution in [1.29, 1.82) is 0 Å². The number of carbonyl (C=O) groups is 2. The number of ether oxygens (including phenoxy) is 1. The highest BCUT2D eigenvalue weighted by Crippen LogP contribution is 2.54. The lowest BCUT2D eigenvalue weighted by Crippen LogP contribution is -2.25. The second-order valence-electron chi connectivity index (χ2n) is 10.9. The van der Waals surface area contributed by atoms with Crippen LogP contribution in [-0.2, 0) is 12.8 Å². The number of ketones is 2. The molecular formula is C33H24N2O8. The lowest BCUT2D eigenvalue weighted by molar-refractivity contribution is 0.0971. The molecule has 1 heterocycles. The highest BCUT2D eigenvalue weighted by Gasteiger charge is 2.42. The molecule has 43 heavy (non-hydrogen) atoms. The normalized spacial score (nSPS) is 13.4. The van der Waals surface area contributed by atoms with Gasteiger partial charge in [0.2, 0.25) is 5.78 Å². The third-order valence-electron chi connectivity index (χ3n) is 8.46. The third-order valence-corrected chi connectivity index (χ3v) is 8.46. The van der Waals surface area contributed by atoms with E-state index in [1.165, 1.54) is 24.9 Å². The number of phenolic OH excluding ortho intramolecular Hbond substituents is 4. The zero-order chi connectivity index (χ0) is 30.5. The molecule has 0 fully saturated rings. The van der Waals surface area contributed by atoms with Crippen molar-refractivity contribution < 1.29 is 34.8 Å². The van der Waals surface area contributed by atoms with Gasteiger partial charge in [-0.25, -0.2) is 0 Å². The first-order valence-corrected chi connectivity index (χ1v) is 13.5. The summed E-state index contributed by atoms with van der Waals surface area (Å²) < 4.78 is 6.85. The SMILES string of the molecule is COc1c2c(c(O)c3c1C(=O)c1c(cc(O)c(C)c1O)C3=O)-c1c(cc3cnn(-c4cccc(C)c4)c(=O)c3c1O)CC2. The fourth-order valence-electron chi connectivity index (χ4n) is 6.39. The number of hydrogen-bond donors (Lipinski definition) is 4. The molecule has 0 atom stereocenters. The Morgan fingerprint density at radius 3 is 2.30 bits per heavy atom. The fourth-order valence-corrected chi connectivity index (χ4v) is 6.39. The molecular weight excluding hydrogens is 552 g/mol. The van der Waals surface area contributed by atoms with Gasteiger partial charge < -0.3 is 25.2 Å². The number of phenols is 4. The molecule has 0 radical (unpaired) electrons. The number of aryl methyl sites for hydroxylation is 2. The Kier molecular flexibility index (Phi) is 5.45. The molecule has 0 unspecified atom stereocenters. The Bertz CT molecular complexity index is 2200. The summed E-state index contributed by atoms with van der Waals surface area (Å²) in [4.78, 5) is 41.4. The zero-order valence-electron chi connectivity index (χ0n) is 23.3. The van der Waals surface area contributed by atoms with Gasteiger partial charge >= 0.3 is 0 Å². The van der Waals surface area contributed by atoms with Gasteiger partial charge in [-0.1, -0.05) is 12.1 Å². The van der Waals surface area contributed by atoms with Crippen LogP contribution in [0, 0.1) is 13.8 Å². The number of rotatable bonds is 2. The second-order valence-corrected chi connectivity index (χ2v) is 10.9. The average Bonchev–Trinajstić information content (AvgIpc) is 2.98. The van der Waals surface area contributed by atoms with Crippen LogP contribution in [0.1, 0.15) is 54.1 Å². The number of nitrogens with zero attached hydrogens (tertiary/aromatic N) is 2. The molecule has 5 aromatic rings. The number of methoxy groups -OCH3 is 1. The molecule has 7 rings (SSSR count). The minimum atomic E-state index is -0.813. The largest absolute Gasteiger partial charge is 0.508 e. The number of hydrogen-bond acceptors (Lipinski definition) is 9. The number of fused-ring (bicyclic) bond motifs is 6. The van der Waals surface area contributed by atoms with Gasteiger partial charge in [-0.05, 0) is 62.1 Å². The smallest absolute Gasteiger partial charge is 0.283 e. The number of carbonyl (C=O) groups excluding carboxylic acids is 2. The summed E-state index contributed by atoms with van der Waals surface area (Å²) in [6.45, 7) is 3.29. The first-order valence-electron chi connectivity index (χ1n) is 13.5. The van der Waals surface area contributed by atoms with Crippen molar-refractivity contribution in [1.82, 2.24) is 9.78 Å². The van der Waals surface area contributed by atoms with E-state index in [9.17, 15) is 34.8 Å². The van der Waals surface area contributed by atoms with Crippen LogP contribution < -0.4 is 10.3 Å². The Morgan fingerprint density at radius 2 is 1.58 bits per heavy atom. The molecule has 0 saturated carbocycles. The molecule has 10 nitrogen and oxygen atoms in total. The van der Waals surface area contributed by atoms with Crippen LogP contribution in [0.3, 0.4) is 0 Å². The summed E-state index contributed by atoms with van der Waals surface area (Å²) in [5.74, 6) is -3.44. The second kappa shape index (κ2) is 8.93. The van der Waals surface area contributed by atoms with Crippen molar-refractivity contribution in [3.8, 4) is 45.6 Å². The Hall–Kier alpha value is -5.64. The first kappa shape index (κ1) is 26.3. The van der Waals surface area contributed by atoms with Gasteiger partial charge in [-0.2, -0.15) is 9.78 Å². The maximum Gasteiger partial charge on any atom is 0.283 e. The third kappa shape index (κ3) is 3.40. The van der Waals surface area contributed by atoms with E-state index in [1.807, 2.05) is 13.0 Å². The van der Waals surface area contributed by atoms with E-state index < -0.39 is 40.1 Å². The first-order chi connectivity index (χ1) is 20.5. The van der Waals surface area contributed by atoms with Gasteiger partial charge in [0.15, 0.2) is 5.78 Å². The summed E-state index contributed by atoms with van der Waals surface area (Å²) in [6.07, 6.45) is 2.13. The van der Waals surface area contributed by atoms with Gasteiger partial charge in [0.25, 0.3) is 5.56 Å². The van der Waals surface area contributed by atoms with Crippen molar-refractivity contribution in [3.05, 3.63) is 97.5 Å². The summed E-state index contributed by atoms with van der Waals surface area (Å²) in [7, 11) is 1.32. The molecule has 0 amide bonds. The Morgan fingerprint density at radius 1 is 0.814 bits per heavy atom. The van der Waals surface area contributed by atoms with Crippen LogP contribution in [0.5, 0.6) is 28.7 Å². The molecule has 1 aromatic heterocycles. The van der Waals surface area contributed by atoms with Crippen LogP contribution in [0.2, 0.25) is 0 Å². The van der Waals surface area contributed by atoms with E-state index in [0.29, 0.717) is 28.6 Å².